The molecule has 2 amide bonds. The van der Waals surface area contributed by atoms with Gasteiger partial charge in [0, 0.05) is 23.2 Å². The van der Waals surface area contributed by atoms with E-state index in [0.717, 1.165) is 18.4 Å². The van der Waals surface area contributed by atoms with Gasteiger partial charge in [-0.3, -0.25) is 14.9 Å². The van der Waals surface area contributed by atoms with E-state index in [1.165, 1.54) is 4.90 Å². The number of hydrogen-bond acceptors (Lipinski definition) is 3. The van der Waals surface area contributed by atoms with Crippen LogP contribution in [0.1, 0.15) is 37.7 Å². The lowest BCUT2D eigenvalue weighted by Crippen LogP contribution is -2.44. The second-order valence-electron chi connectivity index (χ2n) is 4.89. The van der Waals surface area contributed by atoms with E-state index in [0.29, 0.717) is 6.42 Å². The molecule has 1 saturated heterocycles. The summed E-state index contributed by atoms with van der Waals surface area (Å²) in [5.41, 5.74) is 1.10. The van der Waals surface area contributed by atoms with E-state index in [9.17, 15) is 9.59 Å². The molecule has 0 aromatic heterocycles. The minimum atomic E-state index is -0.156. The van der Waals surface area contributed by atoms with E-state index in [-0.39, 0.29) is 23.7 Å². The molecule has 1 heterocycles. The third-order valence-electron chi connectivity index (χ3n) is 3.63. The summed E-state index contributed by atoms with van der Waals surface area (Å²) in [5, 5.41) is 2.45. The topological polar surface area (TPSA) is 46.2 Å². The highest BCUT2D eigenvalue weighted by molar-refractivity contribution is 7.98. The van der Waals surface area contributed by atoms with Gasteiger partial charge >= 0.3 is 0 Å². The van der Waals surface area contributed by atoms with E-state index in [2.05, 4.69) is 24.4 Å². The SMILES string of the molecule is CCCC1C(=O)NC(=O)CC1c1ccc(SC)cc1. The molecular weight excluding hydrogens is 258 g/mol. The second kappa shape index (κ2) is 6.24. The van der Waals surface area contributed by atoms with E-state index >= 15 is 0 Å². The van der Waals surface area contributed by atoms with Crippen LogP contribution in [-0.2, 0) is 9.59 Å². The lowest BCUT2D eigenvalue weighted by Gasteiger charge is -2.30. The number of imide groups is 1. The fourth-order valence-corrected chi connectivity index (χ4v) is 3.06. The van der Waals surface area contributed by atoms with Gasteiger partial charge in [-0.2, -0.15) is 0 Å². The predicted octanol–water partition coefficient (Wildman–Crippen LogP) is 2.95. The Morgan fingerprint density at radius 3 is 2.53 bits per heavy atom. The number of hydrogen-bond donors (Lipinski definition) is 1. The molecule has 3 nitrogen and oxygen atoms in total. The van der Waals surface area contributed by atoms with Crippen LogP contribution in [-0.4, -0.2) is 18.1 Å². The van der Waals surface area contributed by atoms with Crippen molar-refractivity contribution in [3.05, 3.63) is 29.8 Å². The zero-order valence-corrected chi connectivity index (χ0v) is 12.1. The molecule has 2 unspecified atom stereocenters. The lowest BCUT2D eigenvalue weighted by atomic mass is 9.78. The van der Waals surface area contributed by atoms with Crippen molar-refractivity contribution in [1.29, 1.82) is 0 Å². The molecule has 1 aromatic carbocycles. The van der Waals surface area contributed by atoms with Gasteiger partial charge in [0.25, 0.3) is 0 Å². The maximum absolute atomic E-state index is 12.0. The Morgan fingerprint density at radius 2 is 1.95 bits per heavy atom. The van der Waals surface area contributed by atoms with Crippen LogP contribution in [0.2, 0.25) is 0 Å². The van der Waals surface area contributed by atoms with Crippen LogP contribution >= 0.6 is 11.8 Å². The Kier molecular flexibility index (Phi) is 4.64. The maximum atomic E-state index is 12.0. The molecule has 1 fully saturated rings. The maximum Gasteiger partial charge on any atom is 0.230 e. The molecule has 1 aliphatic heterocycles. The molecule has 1 aliphatic rings. The molecule has 19 heavy (non-hydrogen) atoms. The predicted molar refractivity (Wildman–Crippen MR) is 77.1 cm³/mol. The monoisotopic (exact) mass is 277 g/mol. The largest absolute Gasteiger partial charge is 0.296 e. The van der Waals surface area contributed by atoms with Gasteiger partial charge in [0.2, 0.25) is 11.8 Å². The summed E-state index contributed by atoms with van der Waals surface area (Å²) in [5.74, 6) is -0.326. The number of nitrogens with one attached hydrogen (secondary N) is 1. The molecule has 0 aliphatic carbocycles. The van der Waals surface area contributed by atoms with Gasteiger partial charge in [0.05, 0.1) is 0 Å². The summed E-state index contributed by atoms with van der Waals surface area (Å²) in [6.07, 6.45) is 4.22. The molecule has 2 atom stereocenters. The quantitative estimate of drug-likeness (QED) is 0.680. The lowest BCUT2D eigenvalue weighted by molar-refractivity contribution is -0.137. The van der Waals surface area contributed by atoms with Gasteiger partial charge in [-0.15, -0.1) is 11.8 Å². The van der Waals surface area contributed by atoms with Gasteiger partial charge in [-0.1, -0.05) is 25.5 Å². The van der Waals surface area contributed by atoms with Crippen LogP contribution in [0.15, 0.2) is 29.2 Å². The molecule has 0 radical (unpaired) electrons. The summed E-state index contributed by atoms with van der Waals surface area (Å²) in [6.45, 7) is 2.07. The first-order valence-electron chi connectivity index (χ1n) is 6.63. The second-order valence-corrected chi connectivity index (χ2v) is 5.77. The van der Waals surface area contributed by atoms with Crippen LogP contribution in [0.5, 0.6) is 0 Å². The Labute approximate surface area is 118 Å². The third-order valence-corrected chi connectivity index (χ3v) is 4.38. The Balaban J connectivity index is 2.26. The first-order valence-corrected chi connectivity index (χ1v) is 7.85. The van der Waals surface area contributed by atoms with Crippen molar-refractivity contribution in [3.63, 3.8) is 0 Å². The van der Waals surface area contributed by atoms with Gasteiger partial charge in [0.1, 0.15) is 0 Å². The van der Waals surface area contributed by atoms with E-state index in [4.69, 9.17) is 0 Å². The van der Waals surface area contributed by atoms with Crippen molar-refractivity contribution in [2.24, 2.45) is 5.92 Å². The first kappa shape index (κ1) is 14.1. The van der Waals surface area contributed by atoms with E-state index in [1.807, 2.05) is 18.4 Å². The number of carbonyl (C=O) groups is 2. The van der Waals surface area contributed by atoms with E-state index < -0.39 is 0 Å². The number of benzene rings is 1. The summed E-state index contributed by atoms with van der Waals surface area (Å²) < 4.78 is 0. The molecule has 1 aromatic rings. The number of rotatable bonds is 4. The summed E-state index contributed by atoms with van der Waals surface area (Å²) >= 11 is 1.69. The minimum Gasteiger partial charge on any atom is -0.296 e. The smallest absolute Gasteiger partial charge is 0.230 e. The highest BCUT2D eigenvalue weighted by Crippen LogP contribution is 2.34. The first-order chi connectivity index (χ1) is 9.15. The Hall–Kier alpha value is -1.29. The van der Waals surface area contributed by atoms with Crippen LogP contribution in [0.3, 0.4) is 0 Å². The molecular formula is C15H19NO2S. The summed E-state index contributed by atoms with van der Waals surface area (Å²) in [7, 11) is 0. The van der Waals surface area contributed by atoms with Crippen molar-refractivity contribution in [2.45, 2.75) is 37.0 Å². The number of amides is 2. The van der Waals surface area contributed by atoms with Gasteiger partial charge < -0.3 is 0 Å². The van der Waals surface area contributed by atoms with Crippen molar-refractivity contribution in [1.82, 2.24) is 5.32 Å². The number of carbonyl (C=O) groups excluding carboxylic acids is 2. The average molecular weight is 277 g/mol. The van der Waals surface area contributed by atoms with Crippen LogP contribution in [0, 0.1) is 5.92 Å². The Bertz CT molecular complexity index is 470. The van der Waals surface area contributed by atoms with Crippen LogP contribution in [0.4, 0.5) is 0 Å². The fourth-order valence-electron chi connectivity index (χ4n) is 2.65. The summed E-state index contributed by atoms with van der Waals surface area (Å²) in [4.78, 5) is 24.8. The van der Waals surface area contributed by atoms with Gasteiger partial charge in [-0.25, -0.2) is 0 Å². The van der Waals surface area contributed by atoms with Gasteiger partial charge in [-0.05, 0) is 30.4 Å². The highest BCUT2D eigenvalue weighted by atomic mass is 32.2. The molecule has 4 heteroatoms. The number of thioether (sulfide) groups is 1. The molecule has 0 saturated carbocycles. The molecule has 2 rings (SSSR count). The minimum absolute atomic E-state index is 0.0251. The number of piperidine rings is 1. The van der Waals surface area contributed by atoms with Gasteiger partial charge in [0.15, 0.2) is 0 Å². The van der Waals surface area contributed by atoms with Crippen molar-refractivity contribution < 1.29 is 9.59 Å². The van der Waals surface area contributed by atoms with E-state index in [1.54, 1.807) is 11.8 Å². The Morgan fingerprint density at radius 1 is 1.26 bits per heavy atom. The average Bonchev–Trinajstić information content (AvgIpc) is 2.42. The van der Waals surface area contributed by atoms with Crippen molar-refractivity contribution in [2.75, 3.05) is 6.26 Å². The van der Waals surface area contributed by atoms with Crippen molar-refractivity contribution >= 4 is 23.6 Å². The zero-order valence-electron chi connectivity index (χ0n) is 11.3. The van der Waals surface area contributed by atoms with Crippen LogP contribution < -0.4 is 5.32 Å². The molecule has 1 N–H and O–H groups in total. The highest BCUT2D eigenvalue weighted by Gasteiger charge is 2.35. The zero-order chi connectivity index (χ0) is 13.8. The fraction of sp³-hybridized carbons (Fsp3) is 0.467. The van der Waals surface area contributed by atoms with Crippen LogP contribution in [0.25, 0.3) is 0 Å². The van der Waals surface area contributed by atoms with Crippen molar-refractivity contribution in [3.8, 4) is 0 Å². The third kappa shape index (κ3) is 3.18. The normalized spacial score (nSPS) is 23.3. The molecule has 102 valence electrons. The molecule has 0 bridgehead atoms. The molecule has 0 spiro atoms. The standard InChI is InChI=1S/C15H19NO2S/c1-3-4-12-13(9-14(17)16-15(12)18)10-5-7-11(19-2)8-6-10/h5-8,12-13H,3-4,9H2,1-2H3,(H,16,17,18). The summed E-state index contributed by atoms with van der Waals surface area (Å²) in [6, 6.07) is 8.20.